The summed E-state index contributed by atoms with van der Waals surface area (Å²) in [6.07, 6.45) is 1.75. The van der Waals surface area contributed by atoms with Crippen LogP contribution in [0, 0.1) is 11.8 Å². The fourth-order valence-corrected chi connectivity index (χ4v) is 3.87. The zero-order valence-corrected chi connectivity index (χ0v) is 17.3. The van der Waals surface area contributed by atoms with Crippen molar-refractivity contribution in [2.24, 2.45) is 11.8 Å². The highest BCUT2D eigenvalue weighted by atomic mass is 16.5. The third-order valence-corrected chi connectivity index (χ3v) is 5.28. The molecule has 28 heavy (non-hydrogen) atoms. The number of methoxy groups -OCH3 is 1. The predicted octanol–water partition coefficient (Wildman–Crippen LogP) is 5.10. The van der Waals surface area contributed by atoms with Gasteiger partial charge >= 0.3 is 0 Å². The Balaban J connectivity index is 1.75. The molecule has 1 N–H and O–H groups in total. The van der Waals surface area contributed by atoms with Crippen LogP contribution in [0.25, 0.3) is 0 Å². The van der Waals surface area contributed by atoms with E-state index in [2.05, 4.69) is 31.3 Å². The minimum Gasteiger partial charge on any atom is -0.496 e. The Labute approximate surface area is 168 Å². The maximum Gasteiger partial charge on any atom is 0.224 e. The summed E-state index contributed by atoms with van der Waals surface area (Å²) in [6, 6.07) is 16.0. The Morgan fingerprint density at radius 1 is 1.11 bits per heavy atom. The lowest BCUT2D eigenvalue weighted by Crippen LogP contribution is -2.31. The van der Waals surface area contributed by atoms with E-state index in [-0.39, 0.29) is 23.8 Å². The van der Waals surface area contributed by atoms with Gasteiger partial charge in [-0.05, 0) is 49.3 Å². The lowest BCUT2D eigenvalue weighted by Gasteiger charge is -2.23. The second-order valence-corrected chi connectivity index (χ2v) is 7.85. The number of rotatable bonds is 9. The number of benzene rings is 2. The normalized spacial score (nSPS) is 19.2. The summed E-state index contributed by atoms with van der Waals surface area (Å²) < 4.78 is 11.3. The lowest BCUT2D eigenvalue weighted by molar-refractivity contribution is -0.123. The molecule has 4 heteroatoms. The molecule has 2 aromatic carbocycles. The third kappa shape index (κ3) is 4.67. The standard InChI is InChI=1S/C24H31NO3/c1-5-28-23-13-9-7-11-18(23)21(14-16(2)3)25-24(26)20-15-19(20)17-10-6-8-12-22(17)27-4/h6-13,16,19-21H,5,14-15H2,1-4H3,(H,25,26)/t19-,20+,21-/m0/s1. The van der Waals surface area contributed by atoms with Gasteiger partial charge in [0, 0.05) is 11.5 Å². The van der Waals surface area contributed by atoms with Crippen LogP contribution in [-0.4, -0.2) is 19.6 Å². The Bertz CT molecular complexity index is 802. The van der Waals surface area contributed by atoms with Crippen molar-refractivity contribution in [2.75, 3.05) is 13.7 Å². The van der Waals surface area contributed by atoms with Crippen molar-refractivity contribution in [3.63, 3.8) is 0 Å². The summed E-state index contributed by atoms with van der Waals surface area (Å²) in [5.74, 6) is 2.54. The van der Waals surface area contributed by atoms with E-state index in [1.807, 2.05) is 43.3 Å². The number of carbonyl (C=O) groups is 1. The van der Waals surface area contributed by atoms with Gasteiger partial charge in [-0.15, -0.1) is 0 Å². The van der Waals surface area contributed by atoms with Gasteiger partial charge in [0.25, 0.3) is 0 Å². The summed E-state index contributed by atoms with van der Waals surface area (Å²) in [5.41, 5.74) is 2.18. The molecular formula is C24H31NO3. The van der Waals surface area contributed by atoms with E-state index in [9.17, 15) is 4.79 Å². The van der Waals surface area contributed by atoms with E-state index in [1.165, 1.54) is 0 Å². The number of nitrogens with one attached hydrogen (secondary N) is 1. The molecule has 0 saturated heterocycles. The first-order chi connectivity index (χ1) is 13.5. The smallest absolute Gasteiger partial charge is 0.224 e. The fourth-order valence-electron chi connectivity index (χ4n) is 3.87. The van der Waals surface area contributed by atoms with E-state index < -0.39 is 0 Å². The molecule has 2 aromatic rings. The number of para-hydroxylation sites is 2. The number of hydrogen-bond acceptors (Lipinski definition) is 3. The summed E-state index contributed by atoms with van der Waals surface area (Å²) in [6.45, 7) is 6.95. The topological polar surface area (TPSA) is 47.6 Å². The Morgan fingerprint density at radius 2 is 1.79 bits per heavy atom. The minimum absolute atomic E-state index is 0.00483. The van der Waals surface area contributed by atoms with Crippen molar-refractivity contribution < 1.29 is 14.3 Å². The van der Waals surface area contributed by atoms with Crippen LogP contribution in [0.15, 0.2) is 48.5 Å². The van der Waals surface area contributed by atoms with Crippen LogP contribution in [0.5, 0.6) is 11.5 Å². The molecular weight excluding hydrogens is 350 g/mol. The average Bonchev–Trinajstić information content (AvgIpc) is 3.48. The molecule has 0 heterocycles. The molecule has 3 rings (SSSR count). The summed E-state index contributed by atoms with van der Waals surface area (Å²) in [5, 5.41) is 3.30. The zero-order chi connectivity index (χ0) is 20.1. The fraction of sp³-hybridized carbons (Fsp3) is 0.458. The maximum absolute atomic E-state index is 13.0. The molecule has 3 atom stereocenters. The van der Waals surface area contributed by atoms with E-state index in [0.29, 0.717) is 12.5 Å². The number of hydrogen-bond donors (Lipinski definition) is 1. The van der Waals surface area contributed by atoms with E-state index in [1.54, 1.807) is 7.11 Å². The summed E-state index contributed by atoms with van der Waals surface area (Å²) in [4.78, 5) is 13.0. The van der Waals surface area contributed by atoms with Crippen LogP contribution >= 0.6 is 0 Å². The van der Waals surface area contributed by atoms with Gasteiger partial charge < -0.3 is 14.8 Å². The highest BCUT2D eigenvalue weighted by Crippen LogP contribution is 2.50. The molecule has 150 valence electrons. The van der Waals surface area contributed by atoms with Crippen LogP contribution in [0.1, 0.15) is 56.7 Å². The van der Waals surface area contributed by atoms with Gasteiger partial charge in [-0.1, -0.05) is 50.2 Å². The third-order valence-electron chi connectivity index (χ3n) is 5.28. The van der Waals surface area contributed by atoms with Crippen molar-refractivity contribution in [1.29, 1.82) is 0 Å². The molecule has 1 saturated carbocycles. The van der Waals surface area contributed by atoms with E-state index in [4.69, 9.17) is 9.47 Å². The van der Waals surface area contributed by atoms with Crippen LogP contribution in [0.2, 0.25) is 0 Å². The van der Waals surface area contributed by atoms with Gasteiger partial charge in [0.05, 0.1) is 19.8 Å². The highest BCUT2D eigenvalue weighted by molar-refractivity contribution is 5.83. The van der Waals surface area contributed by atoms with Gasteiger partial charge in [-0.2, -0.15) is 0 Å². The summed E-state index contributed by atoms with van der Waals surface area (Å²) >= 11 is 0. The Morgan fingerprint density at radius 3 is 2.46 bits per heavy atom. The first kappa shape index (κ1) is 20.2. The Kier molecular flexibility index (Phi) is 6.61. The Hall–Kier alpha value is -2.49. The van der Waals surface area contributed by atoms with Crippen LogP contribution in [0.3, 0.4) is 0 Å². The minimum atomic E-state index is -0.0471. The molecule has 0 spiro atoms. The second kappa shape index (κ2) is 9.13. The molecule has 0 aromatic heterocycles. The van der Waals surface area contributed by atoms with Gasteiger partial charge in [0.15, 0.2) is 0 Å². The molecule has 1 fully saturated rings. The highest BCUT2D eigenvalue weighted by Gasteiger charge is 2.45. The van der Waals surface area contributed by atoms with Gasteiger partial charge in [-0.3, -0.25) is 4.79 Å². The molecule has 0 unspecified atom stereocenters. The average molecular weight is 382 g/mol. The molecule has 0 bridgehead atoms. The maximum atomic E-state index is 13.0. The van der Waals surface area contributed by atoms with Gasteiger partial charge in [0.1, 0.15) is 11.5 Å². The predicted molar refractivity (Wildman–Crippen MR) is 112 cm³/mol. The lowest BCUT2D eigenvalue weighted by atomic mass is 9.95. The van der Waals surface area contributed by atoms with Crippen LogP contribution < -0.4 is 14.8 Å². The molecule has 1 aliphatic carbocycles. The van der Waals surface area contributed by atoms with E-state index in [0.717, 1.165) is 35.5 Å². The van der Waals surface area contributed by atoms with Gasteiger partial charge in [0.2, 0.25) is 5.91 Å². The molecule has 1 amide bonds. The number of ether oxygens (including phenoxy) is 2. The van der Waals surface area contributed by atoms with Gasteiger partial charge in [-0.25, -0.2) is 0 Å². The largest absolute Gasteiger partial charge is 0.496 e. The van der Waals surface area contributed by atoms with Crippen molar-refractivity contribution >= 4 is 5.91 Å². The summed E-state index contributed by atoms with van der Waals surface area (Å²) in [7, 11) is 1.68. The number of carbonyl (C=O) groups excluding carboxylic acids is 1. The van der Waals surface area contributed by atoms with E-state index >= 15 is 0 Å². The molecule has 0 radical (unpaired) electrons. The molecule has 4 nitrogen and oxygen atoms in total. The SMILES string of the molecule is CCOc1ccccc1[C@H](CC(C)C)NC(=O)[C@@H]1C[C@H]1c1ccccc1OC. The van der Waals surface area contributed by atoms with Crippen molar-refractivity contribution in [1.82, 2.24) is 5.32 Å². The monoisotopic (exact) mass is 381 g/mol. The van der Waals surface area contributed by atoms with Crippen molar-refractivity contribution in [3.05, 3.63) is 59.7 Å². The molecule has 0 aliphatic heterocycles. The van der Waals surface area contributed by atoms with Crippen molar-refractivity contribution in [2.45, 2.75) is 45.6 Å². The first-order valence-corrected chi connectivity index (χ1v) is 10.2. The van der Waals surface area contributed by atoms with Crippen LogP contribution in [-0.2, 0) is 4.79 Å². The van der Waals surface area contributed by atoms with Crippen LogP contribution in [0.4, 0.5) is 0 Å². The number of amides is 1. The quantitative estimate of drug-likeness (QED) is 0.657. The second-order valence-electron chi connectivity index (χ2n) is 7.85. The van der Waals surface area contributed by atoms with Crippen molar-refractivity contribution in [3.8, 4) is 11.5 Å². The molecule has 1 aliphatic rings. The zero-order valence-electron chi connectivity index (χ0n) is 17.3. The first-order valence-electron chi connectivity index (χ1n) is 10.2.